The molecule has 1 heterocycles. The van der Waals surface area contributed by atoms with Gasteiger partial charge in [-0.3, -0.25) is 14.5 Å². The Labute approximate surface area is 266 Å². The SMILES string of the molecule is COCCCc1ccc(Cl)c(CN(C(=O)[C@H]2CNCC(=O)N2c2ccc(CCCOc3c(F)ccc(F)c3F)cc2)C2CC2)c1. The van der Waals surface area contributed by atoms with Crippen molar-refractivity contribution in [2.45, 2.75) is 57.2 Å². The van der Waals surface area contributed by atoms with Crippen LogP contribution in [0, 0.1) is 17.5 Å². The fourth-order valence-electron chi connectivity index (χ4n) is 5.58. The van der Waals surface area contributed by atoms with Gasteiger partial charge in [-0.15, -0.1) is 0 Å². The van der Waals surface area contributed by atoms with Crippen LogP contribution < -0.4 is 15.0 Å². The highest BCUT2D eigenvalue weighted by atomic mass is 35.5. The summed E-state index contributed by atoms with van der Waals surface area (Å²) in [5.74, 6) is -4.54. The lowest BCUT2D eigenvalue weighted by Crippen LogP contribution is -2.61. The van der Waals surface area contributed by atoms with Gasteiger partial charge in [-0.1, -0.05) is 35.9 Å². The summed E-state index contributed by atoms with van der Waals surface area (Å²) in [4.78, 5) is 30.7. The van der Waals surface area contributed by atoms with Crippen molar-refractivity contribution in [2.75, 3.05) is 38.3 Å². The number of carbonyl (C=O) groups excluding carboxylic acids is 2. The first kappa shape index (κ1) is 32.8. The van der Waals surface area contributed by atoms with E-state index in [1.54, 1.807) is 24.1 Å². The number of rotatable bonds is 14. The number of ether oxygens (including phenoxy) is 2. The minimum Gasteiger partial charge on any atom is -0.488 e. The predicted molar refractivity (Wildman–Crippen MR) is 166 cm³/mol. The van der Waals surface area contributed by atoms with Crippen molar-refractivity contribution in [3.05, 3.63) is 93.8 Å². The molecule has 1 aliphatic heterocycles. The molecular formula is C34H37ClF3N3O4. The zero-order valence-corrected chi connectivity index (χ0v) is 25.9. The van der Waals surface area contributed by atoms with E-state index in [-0.39, 0.29) is 31.0 Å². The Hall–Kier alpha value is -3.60. The first-order valence-corrected chi connectivity index (χ1v) is 15.6. The van der Waals surface area contributed by atoms with Crippen LogP contribution in [0.5, 0.6) is 5.75 Å². The second-order valence-corrected chi connectivity index (χ2v) is 11.8. The van der Waals surface area contributed by atoms with E-state index in [1.807, 2.05) is 29.2 Å². The third kappa shape index (κ3) is 8.17. The van der Waals surface area contributed by atoms with Crippen LogP contribution in [-0.4, -0.2) is 62.2 Å². The number of piperazine rings is 1. The van der Waals surface area contributed by atoms with E-state index < -0.39 is 29.2 Å². The molecule has 3 aromatic rings. The lowest BCUT2D eigenvalue weighted by atomic mass is 10.0. The van der Waals surface area contributed by atoms with Gasteiger partial charge >= 0.3 is 0 Å². The molecule has 45 heavy (non-hydrogen) atoms. The van der Waals surface area contributed by atoms with Crippen LogP contribution in [0.1, 0.15) is 42.4 Å². The Morgan fingerprint density at radius 2 is 1.67 bits per heavy atom. The summed E-state index contributed by atoms with van der Waals surface area (Å²) >= 11 is 6.58. The summed E-state index contributed by atoms with van der Waals surface area (Å²) in [6.45, 7) is 1.46. The molecule has 7 nitrogen and oxygen atoms in total. The van der Waals surface area contributed by atoms with Crippen molar-refractivity contribution in [3.63, 3.8) is 0 Å². The monoisotopic (exact) mass is 643 g/mol. The molecule has 2 amide bonds. The zero-order chi connectivity index (χ0) is 31.9. The number of nitrogens with zero attached hydrogens (tertiary/aromatic N) is 2. The number of amides is 2. The molecule has 1 saturated heterocycles. The molecule has 0 bridgehead atoms. The zero-order valence-electron chi connectivity index (χ0n) is 25.2. The fourth-order valence-corrected chi connectivity index (χ4v) is 5.75. The average Bonchev–Trinajstić information content (AvgIpc) is 3.88. The van der Waals surface area contributed by atoms with Gasteiger partial charge < -0.3 is 19.7 Å². The van der Waals surface area contributed by atoms with E-state index in [0.29, 0.717) is 49.3 Å². The van der Waals surface area contributed by atoms with Gasteiger partial charge in [0.2, 0.25) is 17.6 Å². The molecule has 0 aromatic heterocycles. The van der Waals surface area contributed by atoms with Crippen LogP contribution >= 0.6 is 11.6 Å². The lowest BCUT2D eigenvalue weighted by Gasteiger charge is -2.38. The van der Waals surface area contributed by atoms with Gasteiger partial charge in [0, 0.05) is 43.6 Å². The number of aryl methyl sites for hydroxylation is 2. The molecule has 5 rings (SSSR count). The van der Waals surface area contributed by atoms with E-state index in [2.05, 4.69) is 11.4 Å². The summed E-state index contributed by atoms with van der Waals surface area (Å²) < 4.78 is 51.4. The summed E-state index contributed by atoms with van der Waals surface area (Å²) in [6.07, 6.45) is 4.49. The van der Waals surface area contributed by atoms with Crippen LogP contribution in [0.4, 0.5) is 18.9 Å². The molecular weight excluding hydrogens is 607 g/mol. The number of halogens is 4. The van der Waals surface area contributed by atoms with Crippen molar-refractivity contribution >= 4 is 29.1 Å². The Bertz CT molecular complexity index is 1500. The number of carbonyl (C=O) groups is 2. The molecule has 0 spiro atoms. The largest absolute Gasteiger partial charge is 0.488 e. The van der Waals surface area contributed by atoms with Gasteiger partial charge in [0.25, 0.3) is 0 Å². The van der Waals surface area contributed by atoms with Crippen LogP contribution in [0.25, 0.3) is 0 Å². The second kappa shape index (κ2) is 15.1. The maximum atomic E-state index is 14.1. The van der Waals surface area contributed by atoms with Gasteiger partial charge in [0.05, 0.1) is 13.2 Å². The van der Waals surface area contributed by atoms with Crippen LogP contribution in [0.15, 0.2) is 54.6 Å². The highest BCUT2D eigenvalue weighted by molar-refractivity contribution is 6.31. The maximum absolute atomic E-state index is 14.1. The van der Waals surface area contributed by atoms with Gasteiger partial charge in [-0.2, -0.15) is 4.39 Å². The number of methoxy groups -OCH3 is 1. The van der Waals surface area contributed by atoms with E-state index >= 15 is 0 Å². The van der Waals surface area contributed by atoms with Crippen molar-refractivity contribution in [1.29, 1.82) is 0 Å². The Morgan fingerprint density at radius 1 is 0.978 bits per heavy atom. The normalized spacial score (nSPS) is 16.6. The molecule has 3 aromatic carbocycles. The minimum absolute atomic E-state index is 0.0109. The van der Waals surface area contributed by atoms with E-state index in [4.69, 9.17) is 21.1 Å². The molecule has 0 radical (unpaired) electrons. The third-order valence-electron chi connectivity index (χ3n) is 8.09. The molecule has 2 aliphatic rings. The third-order valence-corrected chi connectivity index (χ3v) is 8.46. The first-order valence-electron chi connectivity index (χ1n) is 15.2. The van der Waals surface area contributed by atoms with Crippen LogP contribution in [0.3, 0.4) is 0 Å². The number of benzene rings is 3. The highest BCUT2D eigenvalue weighted by Crippen LogP contribution is 2.33. The van der Waals surface area contributed by atoms with Gasteiger partial charge in [-0.05, 0) is 85.5 Å². The van der Waals surface area contributed by atoms with E-state index in [9.17, 15) is 22.8 Å². The molecule has 240 valence electrons. The Morgan fingerprint density at radius 3 is 2.40 bits per heavy atom. The summed E-state index contributed by atoms with van der Waals surface area (Å²) in [6, 6.07) is 14.1. The highest BCUT2D eigenvalue weighted by Gasteiger charge is 2.41. The second-order valence-electron chi connectivity index (χ2n) is 11.4. The maximum Gasteiger partial charge on any atom is 0.247 e. The van der Waals surface area contributed by atoms with Gasteiger partial charge in [0.15, 0.2) is 17.4 Å². The van der Waals surface area contributed by atoms with Crippen molar-refractivity contribution in [1.82, 2.24) is 10.2 Å². The van der Waals surface area contributed by atoms with E-state index in [0.717, 1.165) is 48.4 Å². The van der Waals surface area contributed by atoms with Crippen LogP contribution in [0.2, 0.25) is 5.02 Å². The molecule has 1 N–H and O–H groups in total. The summed E-state index contributed by atoms with van der Waals surface area (Å²) in [5.41, 5.74) is 3.53. The van der Waals surface area contributed by atoms with Crippen molar-refractivity contribution in [2.24, 2.45) is 0 Å². The van der Waals surface area contributed by atoms with Crippen LogP contribution in [-0.2, 0) is 33.7 Å². The topological polar surface area (TPSA) is 71.1 Å². The number of nitrogens with one attached hydrogen (secondary N) is 1. The van der Waals surface area contributed by atoms with Gasteiger partial charge in [0.1, 0.15) is 6.04 Å². The predicted octanol–water partition coefficient (Wildman–Crippen LogP) is 5.84. The molecule has 0 unspecified atom stereocenters. The minimum atomic E-state index is -1.35. The summed E-state index contributed by atoms with van der Waals surface area (Å²) in [7, 11) is 1.68. The number of hydrogen-bond acceptors (Lipinski definition) is 5. The number of hydrogen-bond donors (Lipinski definition) is 1. The molecule has 1 saturated carbocycles. The number of anilines is 1. The lowest BCUT2D eigenvalue weighted by molar-refractivity contribution is -0.136. The van der Waals surface area contributed by atoms with E-state index in [1.165, 1.54) is 0 Å². The molecule has 1 aliphatic carbocycles. The smallest absolute Gasteiger partial charge is 0.247 e. The molecule has 11 heteroatoms. The molecule has 2 fully saturated rings. The Kier molecular flexibility index (Phi) is 11.0. The standard InChI is InChI=1S/C34H37ClF3N3O4/c1-44-16-2-5-23-8-13-27(35)24(18-23)21-40(25-11-12-25)34(43)30-19-39-20-31(42)41(30)26-9-6-22(7-10-26)4-3-17-45-33-29(37)15-14-28(36)32(33)38/h6-10,13-15,18,25,30,39H,2-5,11-12,16-17,19-21H2,1H3/t30-/m1/s1. The first-order chi connectivity index (χ1) is 21.8. The average molecular weight is 644 g/mol. The van der Waals surface area contributed by atoms with Gasteiger partial charge in [-0.25, -0.2) is 8.78 Å². The molecule has 1 atom stereocenters. The quantitative estimate of drug-likeness (QED) is 0.177. The van der Waals surface area contributed by atoms with Crippen molar-refractivity contribution < 1.29 is 32.2 Å². The fraction of sp³-hybridized carbons (Fsp3) is 0.412. The summed E-state index contributed by atoms with van der Waals surface area (Å²) in [5, 5.41) is 3.70. The van der Waals surface area contributed by atoms with Crippen molar-refractivity contribution in [3.8, 4) is 5.75 Å². The Balaban J connectivity index is 1.24.